The van der Waals surface area contributed by atoms with Gasteiger partial charge in [0.2, 0.25) is 6.10 Å². The topological polar surface area (TPSA) is 184 Å². The zero-order valence-corrected chi connectivity index (χ0v) is 37.4. The van der Waals surface area contributed by atoms with Crippen molar-refractivity contribution >= 4 is 87.0 Å². The highest BCUT2D eigenvalue weighted by Gasteiger charge is 2.54. The SMILES string of the molecule is CC[C@@H](ON=C(C(=O)NC1C(=O)N2C(C(=O)OCc3ccc(OC)cc3)=C(CCl)CSC12)c1nc(NC(=O)OC(C)(C)C)sc1Cl)C(=O)OC(c1ccccc1)c1ccccc1. The van der Waals surface area contributed by atoms with E-state index in [2.05, 4.69) is 20.8 Å². The van der Waals surface area contributed by atoms with Crippen LogP contribution in [0.3, 0.4) is 0 Å². The van der Waals surface area contributed by atoms with Crippen LogP contribution >= 0.6 is 46.3 Å². The normalized spacial score (nSPS) is 16.7. The summed E-state index contributed by atoms with van der Waals surface area (Å²) in [5.41, 5.74) is 1.04. The predicted molar refractivity (Wildman–Crippen MR) is 235 cm³/mol. The molecule has 0 bridgehead atoms. The third-order valence-corrected chi connectivity index (χ3v) is 12.0. The summed E-state index contributed by atoms with van der Waals surface area (Å²) in [6.45, 7) is 6.65. The zero-order chi connectivity index (χ0) is 44.6. The van der Waals surface area contributed by atoms with Gasteiger partial charge in [0, 0.05) is 11.6 Å². The number of alkyl halides is 1. The molecule has 1 aromatic heterocycles. The van der Waals surface area contributed by atoms with Crippen molar-refractivity contribution in [2.24, 2.45) is 5.16 Å². The molecule has 4 aromatic rings. The van der Waals surface area contributed by atoms with Crippen molar-refractivity contribution in [1.82, 2.24) is 15.2 Å². The molecule has 2 aliphatic heterocycles. The number of carbonyl (C=O) groups excluding carboxylic acids is 5. The first-order chi connectivity index (χ1) is 29.7. The standard InChI is InChI=1S/C43H43Cl2N5O10S2/c1-6-29(39(53)58-34(25-13-9-7-10-14-25)26-15-11-8-12-16-26)60-49-31(30-35(45)62-41(47-30)48-42(55)59-43(2,3)4)36(51)46-32-37(52)50-33(27(21-44)23-61-38(32)50)40(54)57-22-24-17-19-28(56-5)20-18-24/h7-20,29,32,34,38H,6,21-23H2,1-5H3,(H,46,51)(H,47,48,55)/t29-,32?,38?/m1/s1. The average Bonchev–Trinajstić information content (AvgIpc) is 3.62. The van der Waals surface area contributed by atoms with Gasteiger partial charge in [-0.05, 0) is 61.6 Å². The highest BCUT2D eigenvalue weighted by atomic mass is 35.5. The highest BCUT2D eigenvalue weighted by molar-refractivity contribution is 8.00. The number of methoxy groups -OCH3 is 1. The molecular formula is C43H43Cl2N5O10S2. The number of halogens is 2. The number of nitrogens with zero attached hydrogens (tertiary/aromatic N) is 3. The van der Waals surface area contributed by atoms with Crippen molar-refractivity contribution in [1.29, 1.82) is 0 Å². The van der Waals surface area contributed by atoms with Crippen molar-refractivity contribution in [2.45, 2.75) is 69.9 Å². The van der Waals surface area contributed by atoms with Crippen LogP contribution in [0.25, 0.3) is 0 Å². The number of anilines is 1. The van der Waals surface area contributed by atoms with Gasteiger partial charge in [0.1, 0.15) is 45.1 Å². The molecule has 19 heteroatoms. The number of ether oxygens (including phenoxy) is 4. The van der Waals surface area contributed by atoms with Crippen molar-refractivity contribution < 1.29 is 47.8 Å². The van der Waals surface area contributed by atoms with Crippen molar-refractivity contribution in [3.05, 3.63) is 123 Å². The van der Waals surface area contributed by atoms with Crippen LogP contribution in [0.1, 0.15) is 62.6 Å². The summed E-state index contributed by atoms with van der Waals surface area (Å²) in [4.78, 5) is 79.2. The maximum atomic E-state index is 14.2. The molecule has 62 heavy (non-hydrogen) atoms. The quantitative estimate of drug-likeness (QED) is 0.0280. The summed E-state index contributed by atoms with van der Waals surface area (Å²) in [7, 11) is 1.54. The monoisotopic (exact) mass is 923 g/mol. The van der Waals surface area contributed by atoms with E-state index in [-0.39, 0.29) is 45.5 Å². The first kappa shape index (κ1) is 45.9. The fraction of sp³-hybridized carbons (Fsp3) is 0.326. The van der Waals surface area contributed by atoms with Crippen LogP contribution in [-0.2, 0) is 44.8 Å². The van der Waals surface area contributed by atoms with Gasteiger partial charge in [0.25, 0.3) is 11.8 Å². The van der Waals surface area contributed by atoms with Crippen LogP contribution in [0.15, 0.2) is 101 Å². The molecule has 326 valence electrons. The van der Waals surface area contributed by atoms with Gasteiger partial charge >= 0.3 is 18.0 Å². The molecule has 3 atom stereocenters. The Labute approximate surface area is 376 Å². The van der Waals surface area contributed by atoms with Crippen LogP contribution in [-0.4, -0.2) is 87.3 Å². The van der Waals surface area contributed by atoms with Crippen LogP contribution < -0.4 is 15.4 Å². The summed E-state index contributed by atoms with van der Waals surface area (Å²) >= 11 is 14.9. The summed E-state index contributed by atoms with van der Waals surface area (Å²) in [5.74, 6) is -2.23. The lowest BCUT2D eigenvalue weighted by atomic mass is 10.0. The molecule has 3 heterocycles. The van der Waals surface area contributed by atoms with E-state index in [9.17, 15) is 24.0 Å². The molecule has 2 unspecified atom stereocenters. The fourth-order valence-electron chi connectivity index (χ4n) is 6.18. The Kier molecular flexibility index (Phi) is 15.2. The van der Waals surface area contributed by atoms with Gasteiger partial charge in [-0.3, -0.25) is 19.8 Å². The fourth-order valence-corrected chi connectivity index (χ4v) is 8.89. The van der Waals surface area contributed by atoms with Gasteiger partial charge < -0.3 is 29.1 Å². The third kappa shape index (κ3) is 11.1. The largest absolute Gasteiger partial charge is 0.497 e. The molecule has 6 rings (SSSR count). The van der Waals surface area contributed by atoms with Crippen molar-refractivity contribution in [2.75, 3.05) is 24.1 Å². The number of hydrogen-bond donors (Lipinski definition) is 2. The Morgan fingerprint density at radius 3 is 2.21 bits per heavy atom. The molecule has 3 amide bonds. The molecule has 3 aromatic carbocycles. The number of nitrogens with one attached hydrogen (secondary N) is 2. The third-order valence-electron chi connectivity index (χ3n) is 9.19. The van der Waals surface area contributed by atoms with E-state index >= 15 is 0 Å². The lowest BCUT2D eigenvalue weighted by Gasteiger charge is -2.49. The first-order valence-corrected chi connectivity index (χ1v) is 22.0. The summed E-state index contributed by atoms with van der Waals surface area (Å²) in [6.07, 6.45) is -2.86. The van der Waals surface area contributed by atoms with Crippen molar-refractivity contribution in [3.63, 3.8) is 0 Å². The van der Waals surface area contributed by atoms with Crippen LogP contribution in [0.4, 0.5) is 9.93 Å². The van der Waals surface area contributed by atoms with Gasteiger partial charge in [-0.1, -0.05) is 108 Å². The van der Waals surface area contributed by atoms with Crippen LogP contribution in [0.2, 0.25) is 4.34 Å². The lowest BCUT2D eigenvalue weighted by molar-refractivity contribution is -0.161. The Hall–Kier alpha value is -5.62. The molecule has 2 N–H and O–H groups in total. The van der Waals surface area contributed by atoms with E-state index in [0.717, 1.165) is 11.3 Å². The number of thiazole rings is 1. The summed E-state index contributed by atoms with van der Waals surface area (Å²) in [5, 5.41) is 8.50. The van der Waals surface area contributed by atoms with E-state index < -0.39 is 64.8 Å². The van der Waals surface area contributed by atoms with E-state index in [1.807, 2.05) is 60.7 Å². The molecular weight excluding hydrogens is 882 g/mol. The second-order valence-corrected chi connectivity index (χ2v) is 17.7. The number of amides is 3. The molecule has 15 nitrogen and oxygen atoms in total. The number of esters is 2. The van der Waals surface area contributed by atoms with Gasteiger partial charge in [0.15, 0.2) is 16.9 Å². The minimum Gasteiger partial charge on any atom is -0.497 e. The average molecular weight is 925 g/mol. The minimum atomic E-state index is -1.31. The van der Waals surface area contributed by atoms with E-state index in [1.165, 1.54) is 16.7 Å². The van der Waals surface area contributed by atoms with Crippen LogP contribution in [0.5, 0.6) is 5.75 Å². The number of carbonyl (C=O) groups is 5. The smallest absolute Gasteiger partial charge is 0.413 e. The molecule has 1 saturated heterocycles. The molecule has 2 aliphatic rings. The lowest BCUT2D eigenvalue weighted by Crippen LogP contribution is -2.71. The van der Waals surface area contributed by atoms with Crippen molar-refractivity contribution in [3.8, 4) is 5.75 Å². The van der Waals surface area contributed by atoms with E-state index in [0.29, 0.717) is 28.0 Å². The number of benzene rings is 3. The molecule has 0 spiro atoms. The number of thioether (sulfide) groups is 1. The first-order valence-electron chi connectivity index (χ1n) is 19.3. The Morgan fingerprint density at radius 2 is 1.63 bits per heavy atom. The van der Waals surface area contributed by atoms with Gasteiger partial charge in [-0.2, -0.15) is 0 Å². The minimum absolute atomic E-state index is 0.000927. The highest BCUT2D eigenvalue weighted by Crippen LogP contribution is 2.41. The van der Waals surface area contributed by atoms with Crippen LogP contribution in [0, 0.1) is 0 Å². The van der Waals surface area contributed by atoms with E-state index in [4.69, 9.17) is 47.0 Å². The number of hydrogen-bond acceptors (Lipinski definition) is 14. The Bertz CT molecular complexity index is 2300. The molecule has 1 fully saturated rings. The number of oxime groups is 1. The predicted octanol–water partition coefficient (Wildman–Crippen LogP) is 7.62. The number of β-lactam (4-membered cyclic amide) rings is 1. The Morgan fingerprint density at radius 1 is 0.984 bits per heavy atom. The number of fused-ring (bicyclic) bond motifs is 1. The number of aromatic nitrogens is 1. The summed E-state index contributed by atoms with van der Waals surface area (Å²) in [6, 6.07) is 24.1. The number of rotatable bonds is 16. The zero-order valence-electron chi connectivity index (χ0n) is 34.2. The van der Waals surface area contributed by atoms with E-state index in [1.54, 1.807) is 59.1 Å². The van der Waals surface area contributed by atoms with Gasteiger partial charge in [-0.25, -0.2) is 19.4 Å². The van der Waals surface area contributed by atoms with Gasteiger partial charge in [0.05, 0.1) is 7.11 Å². The summed E-state index contributed by atoms with van der Waals surface area (Å²) < 4.78 is 22.0. The maximum absolute atomic E-state index is 14.2. The molecule has 0 radical (unpaired) electrons. The van der Waals surface area contributed by atoms with Gasteiger partial charge in [-0.15, -0.1) is 23.4 Å². The second kappa shape index (κ2) is 20.5. The molecule has 0 aliphatic carbocycles. The second-order valence-electron chi connectivity index (χ2n) is 14.7. The maximum Gasteiger partial charge on any atom is 0.413 e. The Balaban J connectivity index is 1.23. The molecule has 0 saturated carbocycles.